The number of esters is 1. The first-order valence-electron chi connectivity index (χ1n) is 9.10. The zero-order valence-corrected chi connectivity index (χ0v) is 15.8. The van der Waals surface area contributed by atoms with Gasteiger partial charge in [0.15, 0.2) is 0 Å². The van der Waals surface area contributed by atoms with Crippen LogP contribution in [-0.2, 0) is 22.5 Å². The average Bonchev–Trinajstić information content (AvgIpc) is 3.28. The Kier molecular flexibility index (Phi) is 4.81. The molecule has 0 aromatic carbocycles. The first kappa shape index (κ1) is 18.5. The fraction of sp³-hybridized carbons (Fsp3) is 0.524. The molecule has 0 spiro atoms. The van der Waals surface area contributed by atoms with E-state index in [-0.39, 0.29) is 12.2 Å². The highest BCUT2D eigenvalue weighted by Crippen LogP contribution is 2.35. The Balaban J connectivity index is 2.17. The van der Waals surface area contributed by atoms with Crippen molar-refractivity contribution < 1.29 is 14.6 Å². The lowest BCUT2D eigenvalue weighted by Crippen LogP contribution is -2.26. The van der Waals surface area contributed by atoms with Gasteiger partial charge >= 0.3 is 5.97 Å². The van der Waals surface area contributed by atoms with Crippen LogP contribution in [0.1, 0.15) is 57.2 Å². The summed E-state index contributed by atoms with van der Waals surface area (Å²) in [7, 11) is 0. The second-order valence-corrected chi connectivity index (χ2v) is 7.66. The summed E-state index contributed by atoms with van der Waals surface area (Å²) in [5.74, 6) is 5.92. The number of rotatable bonds is 4. The molecule has 0 radical (unpaired) electrons. The molecule has 2 aliphatic carbocycles. The van der Waals surface area contributed by atoms with Crippen molar-refractivity contribution in [2.75, 3.05) is 6.61 Å². The van der Waals surface area contributed by atoms with Gasteiger partial charge in [0.05, 0.1) is 12.2 Å². The molecule has 138 valence electrons. The van der Waals surface area contributed by atoms with Crippen LogP contribution in [0.25, 0.3) is 5.57 Å². The number of ether oxygens (including phenoxy) is 1. The van der Waals surface area contributed by atoms with Crippen molar-refractivity contribution in [2.45, 2.75) is 59.1 Å². The molecule has 0 atom stereocenters. The van der Waals surface area contributed by atoms with Crippen molar-refractivity contribution >= 4 is 11.5 Å². The molecule has 1 fully saturated rings. The second-order valence-electron chi connectivity index (χ2n) is 7.66. The lowest BCUT2D eigenvalue weighted by atomic mass is 10.00. The second kappa shape index (κ2) is 6.77. The maximum Gasteiger partial charge on any atom is 0.338 e. The average molecular weight is 355 g/mol. The molecule has 1 heterocycles. The van der Waals surface area contributed by atoms with E-state index in [4.69, 9.17) is 4.74 Å². The molecule has 2 aliphatic rings. The van der Waals surface area contributed by atoms with Gasteiger partial charge in [-0.2, -0.15) is 0 Å². The van der Waals surface area contributed by atoms with Gasteiger partial charge < -0.3 is 14.4 Å². The van der Waals surface area contributed by atoms with Crippen molar-refractivity contribution in [3.63, 3.8) is 0 Å². The van der Waals surface area contributed by atoms with Crippen LogP contribution in [0.2, 0.25) is 0 Å². The van der Waals surface area contributed by atoms with E-state index in [0.717, 1.165) is 18.4 Å². The summed E-state index contributed by atoms with van der Waals surface area (Å²) in [6.07, 6.45) is 4.44. The van der Waals surface area contributed by atoms with Crippen LogP contribution in [0.4, 0.5) is 0 Å². The van der Waals surface area contributed by atoms with Crippen LogP contribution in [0.3, 0.4) is 0 Å². The first-order chi connectivity index (χ1) is 12.2. The van der Waals surface area contributed by atoms with E-state index in [1.807, 2.05) is 6.92 Å². The molecule has 5 nitrogen and oxygen atoms in total. The summed E-state index contributed by atoms with van der Waals surface area (Å²) in [6, 6.07) is 0. The maximum absolute atomic E-state index is 12.9. The minimum Gasteiger partial charge on any atom is -0.462 e. The maximum atomic E-state index is 12.9. The van der Waals surface area contributed by atoms with E-state index in [0.29, 0.717) is 41.1 Å². The molecule has 1 N–H and O–H groups in total. The number of aromatic nitrogens is 1. The molecule has 1 saturated carbocycles. The summed E-state index contributed by atoms with van der Waals surface area (Å²) in [5.41, 5.74) is 1.83. The van der Waals surface area contributed by atoms with Crippen molar-refractivity contribution in [2.24, 2.45) is 5.92 Å². The quantitative estimate of drug-likeness (QED) is 0.665. The zero-order valence-electron chi connectivity index (χ0n) is 15.8. The van der Waals surface area contributed by atoms with Crippen molar-refractivity contribution in [1.82, 2.24) is 4.57 Å². The van der Waals surface area contributed by atoms with Gasteiger partial charge in [-0.05, 0) is 46.5 Å². The third kappa shape index (κ3) is 3.76. The van der Waals surface area contributed by atoms with E-state index in [9.17, 15) is 14.7 Å². The highest BCUT2D eigenvalue weighted by molar-refractivity contribution is 6.19. The highest BCUT2D eigenvalue weighted by atomic mass is 16.5. The van der Waals surface area contributed by atoms with Gasteiger partial charge in [-0.15, -0.1) is 0 Å². The number of nitrogens with zero attached hydrogens (tertiary/aromatic N) is 1. The molecule has 0 amide bonds. The standard InChI is InChI=1S/C21H25NO4/c1-5-26-20(24)17-13(2)10-16-18(17)15(8-9-21(3,4)25)12-22(19(16)23)11-14-6-7-14/h12,14,25H,5-7,10-11H2,1-4H3. The Bertz CT molecular complexity index is 899. The summed E-state index contributed by atoms with van der Waals surface area (Å²) in [5, 5.41) is 9.97. The summed E-state index contributed by atoms with van der Waals surface area (Å²) < 4.78 is 6.91. The number of fused-ring (bicyclic) bond motifs is 1. The Morgan fingerprint density at radius 3 is 2.69 bits per heavy atom. The molecule has 1 aromatic heterocycles. The summed E-state index contributed by atoms with van der Waals surface area (Å²) in [4.78, 5) is 25.4. The Labute approximate surface area is 153 Å². The monoisotopic (exact) mass is 355 g/mol. The van der Waals surface area contributed by atoms with E-state index < -0.39 is 11.6 Å². The summed E-state index contributed by atoms with van der Waals surface area (Å²) >= 11 is 0. The van der Waals surface area contributed by atoms with Crippen molar-refractivity contribution in [3.8, 4) is 11.8 Å². The molecule has 3 rings (SSSR count). The van der Waals surface area contributed by atoms with E-state index in [1.165, 1.54) is 0 Å². The van der Waals surface area contributed by atoms with E-state index in [1.54, 1.807) is 31.5 Å². The predicted molar refractivity (Wildman–Crippen MR) is 99.5 cm³/mol. The van der Waals surface area contributed by atoms with Gasteiger partial charge in [-0.25, -0.2) is 4.79 Å². The van der Waals surface area contributed by atoms with Gasteiger partial charge in [0, 0.05) is 35.9 Å². The fourth-order valence-electron chi connectivity index (χ4n) is 3.25. The van der Waals surface area contributed by atoms with E-state index in [2.05, 4.69) is 11.8 Å². The molecule has 0 bridgehead atoms. The number of hydrogen-bond donors (Lipinski definition) is 1. The van der Waals surface area contributed by atoms with Crippen LogP contribution < -0.4 is 5.56 Å². The van der Waals surface area contributed by atoms with E-state index >= 15 is 0 Å². The lowest BCUT2D eigenvalue weighted by molar-refractivity contribution is -0.136. The van der Waals surface area contributed by atoms with Gasteiger partial charge in [0.25, 0.3) is 5.56 Å². The topological polar surface area (TPSA) is 68.5 Å². The predicted octanol–water partition coefficient (Wildman–Crippen LogP) is 2.27. The Hall–Kier alpha value is -2.32. The Morgan fingerprint density at radius 1 is 1.42 bits per heavy atom. The third-order valence-electron chi connectivity index (χ3n) is 4.63. The number of carbonyl (C=O) groups excluding carboxylic acids is 1. The Morgan fingerprint density at radius 2 is 2.12 bits per heavy atom. The van der Waals surface area contributed by atoms with Gasteiger partial charge in [0.2, 0.25) is 0 Å². The largest absolute Gasteiger partial charge is 0.462 e. The van der Waals surface area contributed by atoms with Crippen molar-refractivity contribution in [3.05, 3.63) is 38.8 Å². The summed E-state index contributed by atoms with van der Waals surface area (Å²) in [6.45, 7) is 7.77. The zero-order chi connectivity index (χ0) is 19.1. The molecule has 0 unspecified atom stereocenters. The first-order valence-corrected chi connectivity index (χ1v) is 9.10. The molecule has 1 aromatic rings. The normalized spacial score (nSPS) is 16.2. The fourth-order valence-corrected chi connectivity index (χ4v) is 3.25. The molecule has 26 heavy (non-hydrogen) atoms. The number of hydrogen-bond acceptors (Lipinski definition) is 4. The van der Waals surface area contributed by atoms with Crippen LogP contribution in [0.5, 0.6) is 0 Å². The highest BCUT2D eigenvalue weighted by Gasteiger charge is 2.32. The number of carbonyl (C=O) groups is 1. The minimum absolute atomic E-state index is 0.0562. The molecule has 0 saturated heterocycles. The molecule has 0 aliphatic heterocycles. The van der Waals surface area contributed by atoms with Gasteiger partial charge in [-0.3, -0.25) is 4.79 Å². The number of aliphatic hydroxyl groups is 1. The number of allylic oxidation sites excluding steroid dienone is 1. The van der Waals surface area contributed by atoms with Crippen molar-refractivity contribution in [1.29, 1.82) is 0 Å². The third-order valence-corrected chi connectivity index (χ3v) is 4.63. The van der Waals surface area contributed by atoms with Crippen LogP contribution in [-0.4, -0.2) is 27.9 Å². The van der Waals surface area contributed by atoms with Crippen LogP contribution in [0.15, 0.2) is 16.6 Å². The lowest BCUT2D eigenvalue weighted by Gasteiger charge is -2.13. The minimum atomic E-state index is -1.16. The molecule has 5 heteroatoms. The van der Waals surface area contributed by atoms with Gasteiger partial charge in [-0.1, -0.05) is 17.4 Å². The SMILES string of the molecule is CCOC(=O)C1=C(C)Cc2c1c(C#CC(C)(C)O)cn(CC1CC1)c2=O. The number of pyridine rings is 1. The van der Waals surface area contributed by atoms with Gasteiger partial charge in [0.1, 0.15) is 5.60 Å². The molecular formula is C21H25NO4. The van der Waals surface area contributed by atoms with Crippen LogP contribution >= 0.6 is 0 Å². The smallest absolute Gasteiger partial charge is 0.338 e. The molecular weight excluding hydrogens is 330 g/mol. The van der Waals surface area contributed by atoms with Crippen LogP contribution in [0, 0.1) is 17.8 Å².